The summed E-state index contributed by atoms with van der Waals surface area (Å²) in [5.74, 6) is 1.62. The van der Waals surface area contributed by atoms with Crippen LogP contribution in [-0.4, -0.2) is 23.7 Å². The van der Waals surface area contributed by atoms with Gasteiger partial charge in [-0.05, 0) is 48.4 Å². The van der Waals surface area contributed by atoms with E-state index in [2.05, 4.69) is 30.9 Å². The molecule has 0 bridgehead atoms. The molecule has 0 amide bonds. The van der Waals surface area contributed by atoms with Gasteiger partial charge in [0, 0.05) is 34.4 Å². The molecule has 2 aliphatic heterocycles. The lowest BCUT2D eigenvalue weighted by Gasteiger charge is -2.40. The molecule has 1 N–H and O–H groups in total. The molecule has 0 saturated heterocycles. The highest BCUT2D eigenvalue weighted by Crippen LogP contribution is 2.45. The molecule has 3 nitrogen and oxygen atoms in total. The monoisotopic (exact) mass is 343 g/mol. The smallest absolute Gasteiger partial charge is 0.165 e. The number of rotatable bonds is 3. The number of benzene rings is 1. The van der Waals surface area contributed by atoms with Gasteiger partial charge in [0.05, 0.1) is 7.11 Å². The quantitative estimate of drug-likeness (QED) is 0.901. The van der Waals surface area contributed by atoms with Crippen LogP contribution in [0.15, 0.2) is 18.2 Å². The lowest BCUT2D eigenvalue weighted by molar-refractivity contribution is 0.159. The van der Waals surface area contributed by atoms with E-state index in [0.29, 0.717) is 17.7 Å². The van der Waals surface area contributed by atoms with Crippen molar-refractivity contribution in [2.45, 2.75) is 45.7 Å². The second-order valence-corrected chi connectivity index (χ2v) is 8.61. The minimum Gasteiger partial charge on any atom is -0.504 e. The number of phenols is 1. The van der Waals surface area contributed by atoms with Gasteiger partial charge in [0.2, 0.25) is 0 Å². The van der Waals surface area contributed by atoms with Gasteiger partial charge in [-0.3, -0.25) is 4.90 Å². The summed E-state index contributed by atoms with van der Waals surface area (Å²) in [5, 5.41) is 10.1. The molecule has 1 atom stereocenters. The number of methoxy groups -OCH3 is 1. The second kappa shape index (κ2) is 6.08. The first kappa shape index (κ1) is 16.0. The van der Waals surface area contributed by atoms with Crippen LogP contribution in [-0.2, 0) is 25.8 Å². The van der Waals surface area contributed by atoms with E-state index in [1.807, 2.05) is 11.3 Å². The van der Waals surface area contributed by atoms with Crippen LogP contribution in [0.1, 0.15) is 46.3 Å². The van der Waals surface area contributed by atoms with E-state index in [9.17, 15) is 5.11 Å². The summed E-state index contributed by atoms with van der Waals surface area (Å²) >= 11 is 2.02. The van der Waals surface area contributed by atoms with Crippen LogP contribution < -0.4 is 4.74 Å². The molecule has 1 aromatic heterocycles. The summed E-state index contributed by atoms with van der Waals surface area (Å²) in [7, 11) is 1.65. The number of hydrogen-bond donors (Lipinski definition) is 1. The molecule has 0 radical (unpaired) electrons. The van der Waals surface area contributed by atoms with E-state index in [0.717, 1.165) is 31.5 Å². The maximum absolute atomic E-state index is 10.1. The maximum atomic E-state index is 10.1. The first-order valence-electron chi connectivity index (χ1n) is 8.80. The molecule has 128 valence electrons. The maximum Gasteiger partial charge on any atom is 0.165 e. The molecule has 1 aromatic carbocycles. The largest absolute Gasteiger partial charge is 0.504 e. The minimum absolute atomic E-state index is 0.252. The van der Waals surface area contributed by atoms with Crippen molar-refractivity contribution in [1.29, 1.82) is 0 Å². The Labute approximate surface area is 147 Å². The number of aromatic hydroxyl groups is 1. The van der Waals surface area contributed by atoms with Crippen LogP contribution in [0.25, 0.3) is 0 Å². The first-order chi connectivity index (χ1) is 11.6. The van der Waals surface area contributed by atoms with Gasteiger partial charge in [0.15, 0.2) is 11.5 Å². The molecule has 4 rings (SSSR count). The predicted molar refractivity (Wildman–Crippen MR) is 98.1 cm³/mol. The summed E-state index contributed by atoms with van der Waals surface area (Å²) in [6.07, 6.45) is 3.34. The third-order valence-electron chi connectivity index (χ3n) is 5.24. The van der Waals surface area contributed by atoms with Gasteiger partial charge in [-0.25, -0.2) is 0 Å². The Bertz CT molecular complexity index is 765. The van der Waals surface area contributed by atoms with Crippen molar-refractivity contribution in [2.24, 2.45) is 5.92 Å². The zero-order valence-corrected chi connectivity index (χ0v) is 15.4. The van der Waals surface area contributed by atoms with Crippen molar-refractivity contribution in [1.82, 2.24) is 4.90 Å². The van der Waals surface area contributed by atoms with E-state index in [1.165, 1.54) is 16.9 Å². The first-order valence-corrected chi connectivity index (χ1v) is 9.61. The number of phenolic OH excluding ortho intramolecular Hbond substituents is 1. The standard InChI is InChI=1S/C20H25NO2S/c1-12(2)8-14-10-15-17-9-13-4-5-18(22)20(23-3)16(13)11-21(17)7-6-19(15)24-14/h4-5,10,12,17,22H,6-9,11H2,1-3H3/t17-/m0/s1. The van der Waals surface area contributed by atoms with E-state index < -0.39 is 0 Å². The van der Waals surface area contributed by atoms with E-state index >= 15 is 0 Å². The molecule has 2 aromatic rings. The zero-order chi connectivity index (χ0) is 16.8. The highest BCUT2D eigenvalue weighted by Gasteiger charge is 2.35. The molecule has 3 heterocycles. The number of thiophene rings is 1. The number of ether oxygens (including phenoxy) is 1. The van der Waals surface area contributed by atoms with Crippen LogP contribution in [0.5, 0.6) is 11.5 Å². The average molecular weight is 343 g/mol. The zero-order valence-electron chi connectivity index (χ0n) is 14.6. The van der Waals surface area contributed by atoms with Gasteiger partial charge in [0.1, 0.15) is 0 Å². The average Bonchev–Trinajstić information content (AvgIpc) is 2.95. The van der Waals surface area contributed by atoms with E-state index in [4.69, 9.17) is 4.74 Å². The lowest BCUT2D eigenvalue weighted by atomic mass is 9.86. The van der Waals surface area contributed by atoms with Crippen molar-refractivity contribution < 1.29 is 9.84 Å². The number of hydrogen-bond acceptors (Lipinski definition) is 4. The third kappa shape index (κ3) is 2.62. The normalized spacial score (nSPS) is 19.8. The summed E-state index contributed by atoms with van der Waals surface area (Å²) in [4.78, 5) is 5.67. The Kier molecular flexibility index (Phi) is 4.05. The summed E-state index contributed by atoms with van der Waals surface area (Å²) in [6.45, 7) is 6.55. The fourth-order valence-corrected chi connectivity index (χ4v) is 5.59. The fourth-order valence-electron chi connectivity index (χ4n) is 4.17. The van der Waals surface area contributed by atoms with Crippen LogP contribution in [0.4, 0.5) is 0 Å². The molecule has 0 unspecified atom stereocenters. The van der Waals surface area contributed by atoms with Crippen LogP contribution in [0, 0.1) is 5.92 Å². The molecule has 0 aliphatic carbocycles. The van der Waals surface area contributed by atoms with Crippen LogP contribution in [0.2, 0.25) is 0 Å². The number of fused-ring (bicyclic) bond motifs is 4. The van der Waals surface area contributed by atoms with Gasteiger partial charge in [-0.15, -0.1) is 11.3 Å². The predicted octanol–water partition coefficient (Wildman–Crippen LogP) is 4.32. The summed E-state index contributed by atoms with van der Waals surface area (Å²) in [6, 6.07) is 6.78. The molecule has 24 heavy (non-hydrogen) atoms. The lowest BCUT2D eigenvalue weighted by Crippen LogP contribution is -2.38. The molecular formula is C20H25NO2S. The highest BCUT2D eigenvalue weighted by molar-refractivity contribution is 7.12. The molecule has 2 aliphatic rings. The Hall–Kier alpha value is -1.52. The Morgan fingerprint density at radius 2 is 2.21 bits per heavy atom. The Morgan fingerprint density at radius 3 is 2.96 bits per heavy atom. The van der Waals surface area contributed by atoms with Crippen molar-refractivity contribution in [3.05, 3.63) is 44.6 Å². The molecular weight excluding hydrogens is 318 g/mol. The molecule has 0 saturated carbocycles. The molecule has 0 spiro atoms. The Morgan fingerprint density at radius 1 is 1.38 bits per heavy atom. The van der Waals surface area contributed by atoms with Crippen LogP contribution in [0.3, 0.4) is 0 Å². The van der Waals surface area contributed by atoms with Gasteiger partial charge >= 0.3 is 0 Å². The van der Waals surface area contributed by atoms with Gasteiger partial charge < -0.3 is 9.84 Å². The van der Waals surface area contributed by atoms with Gasteiger partial charge in [-0.1, -0.05) is 19.9 Å². The van der Waals surface area contributed by atoms with E-state index in [1.54, 1.807) is 23.6 Å². The van der Waals surface area contributed by atoms with Gasteiger partial charge in [-0.2, -0.15) is 0 Å². The SMILES string of the molecule is COc1c(O)ccc2c1CN1CCc3sc(CC(C)C)cc3[C@@H]1C2. The third-order valence-corrected chi connectivity index (χ3v) is 6.48. The van der Waals surface area contributed by atoms with Crippen LogP contribution >= 0.6 is 11.3 Å². The topological polar surface area (TPSA) is 32.7 Å². The summed E-state index contributed by atoms with van der Waals surface area (Å²) in [5.41, 5.74) is 4.02. The van der Waals surface area contributed by atoms with E-state index in [-0.39, 0.29) is 5.75 Å². The fraction of sp³-hybridized carbons (Fsp3) is 0.500. The summed E-state index contributed by atoms with van der Waals surface area (Å²) < 4.78 is 5.47. The molecule has 0 fully saturated rings. The van der Waals surface area contributed by atoms with Crippen molar-refractivity contribution in [3.8, 4) is 11.5 Å². The molecule has 4 heteroatoms. The number of nitrogens with zero attached hydrogens (tertiary/aromatic N) is 1. The van der Waals surface area contributed by atoms with Crippen molar-refractivity contribution in [3.63, 3.8) is 0 Å². The van der Waals surface area contributed by atoms with Crippen molar-refractivity contribution in [2.75, 3.05) is 13.7 Å². The van der Waals surface area contributed by atoms with Gasteiger partial charge in [0.25, 0.3) is 0 Å². The minimum atomic E-state index is 0.252. The Balaban J connectivity index is 1.69. The second-order valence-electron chi connectivity index (χ2n) is 7.39. The van der Waals surface area contributed by atoms with Crippen molar-refractivity contribution >= 4 is 11.3 Å². The highest BCUT2D eigenvalue weighted by atomic mass is 32.1.